The number of piperidine rings is 1. The van der Waals surface area contributed by atoms with Crippen molar-refractivity contribution >= 4 is 0 Å². The topological polar surface area (TPSA) is 41.3 Å². The minimum Gasteiger partial charge on any atom is -0.396 e. The summed E-state index contributed by atoms with van der Waals surface area (Å²) in [5, 5.41) is 14.7. The number of hydrogen-bond acceptors (Lipinski definition) is 3. The molecule has 2 heterocycles. The molecular formula is C25H31N3O. The first kappa shape index (κ1) is 19.9. The van der Waals surface area contributed by atoms with Crippen LogP contribution in [0.1, 0.15) is 36.0 Å². The Morgan fingerprint density at radius 1 is 1.10 bits per heavy atom. The van der Waals surface area contributed by atoms with Gasteiger partial charge in [-0.15, -0.1) is 0 Å². The van der Waals surface area contributed by atoms with Gasteiger partial charge in [-0.1, -0.05) is 48.0 Å². The van der Waals surface area contributed by atoms with Crippen molar-refractivity contribution in [3.05, 3.63) is 83.7 Å². The molecule has 0 bridgehead atoms. The van der Waals surface area contributed by atoms with E-state index >= 15 is 0 Å². The van der Waals surface area contributed by atoms with Crippen LogP contribution in [0.15, 0.2) is 67.0 Å². The summed E-state index contributed by atoms with van der Waals surface area (Å²) in [6.45, 7) is 5.33. The van der Waals surface area contributed by atoms with Crippen LogP contribution in [0.3, 0.4) is 0 Å². The molecule has 1 unspecified atom stereocenters. The molecule has 4 heteroatoms. The zero-order valence-corrected chi connectivity index (χ0v) is 17.3. The van der Waals surface area contributed by atoms with Crippen molar-refractivity contribution in [2.24, 2.45) is 5.41 Å². The molecule has 3 aromatic rings. The van der Waals surface area contributed by atoms with Gasteiger partial charge in [0, 0.05) is 37.5 Å². The Labute approximate surface area is 173 Å². The summed E-state index contributed by atoms with van der Waals surface area (Å²) in [5.74, 6) is 0. The van der Waals surface area contributed by atoms with Crippen LogP contribution >= 0.6 is 0 Å². The number of hydrogen-bond donors (Lipinski definition) is 1. The van der Waals surface area contributed by atoms with E-state index in [4.69, 9.17) is 0 Å². The first-order valence-corrected chi connectivity index (χ1v) is 10.6. The van der Waals surface area contributed by atoms with Crippen LogP contribution in [0, 0.1) is 12.3 Å². The molecule has 0 spiro atoms. The lowest BCUT2D eigenvalue weighted by molar-refractivity contribution is 0.0224. The van der Waals surface area contributed by atoms with E-state index < -0.39 is 0 Å². The molecular weight excluding hydrogens is 358 g/mol. The van der Waals surface area contributed by atoms with E-state index in [1.54, 1.807) is 0 Å². The third-order valence-corrected chi connectivity index (χ3v) is 6.24. The highest BCUT2D eigenvalue weighted by atomic mass is 16.3. The van der Waals surface area contributed by atoms with Gasteiger partial charge in [-0.3, -0.25) is 4.90 Å². The lowest BCUT2D eigenvalue weighted by Crippen LogP contribution is -2.45. The molecule has 1 aliphatic heterocycles. The average molecular weight is 390 g/mol. The van der Waals surface area contributed by atoms with E-state index in [9.17, 15) is 5.11 Å². The number of benzene rings is 2. The van der Waals surface area contributed by atoms with E-state index in [1.165, 1.54) is 16.7 Å². The minimum absolute atomic E-state index is 0.0101. The lowest BCUT2D eigenvalue weighted by Gasteiger charge is -2.42. The molecule has 2 aromatic carbocycles. The number of aliphatic hydroxyl groups is 1. The van der Waals surface area contributed by atoms with Gasteiger partial charge in [0.05, 0.1) is 5.69 Å². The Morgan fingerprint density at radius 2 is 1.97 bits per heavy atom. The minimum atomic E-state index is -0.0101. The molecule has 1 aromatic heterocycles. The fraction of sp³-hybridized carbons (Fsp3) is 0.400. The fourth-order valence-corrected chi connectivity index (χ4v) is 4.63. The first-order valence-electron chi connectivity index (χ1n) is 10.6. The standard InChI is InChI=1S/C25H31N3O/c1-21-9-10-24(28-16-6-14-26-28)23(17-21)18-27-15-5-12-25(19-27,20-29)13-11-22-7-3-2-4-8-22/h2-4,6-10,14,16-17,29H,5,11-13,15,18-20H2,1H3. The smallest absolute Gasteiger partial charge is 0.0690 e. The van der Waals surface area contributed by atoms with Gasteiger partial charge in [0.15, 0.2) is 0 Å². The van der Waals surface area contributed by atoms with Crippen molar-refractivity contribution in [3.63, 3.8) is 0 Å². The summed E-state index contributed by atoms with van der Waals surface area (Å²) in [5.41, 5.74) is 5.06. The van der Waals surface area contributed by atoms with Gasteiger partial charge >= 0.3 is 0 Å². The summed E-state index contributed by atoms with van der Waals surface area (Å²) >= 11 is 0. The van der Waals surface area contributed by atoms with Gasteiger partial charge in [0.25, 0.3) is 0 Å². The first-order chi connectivity index (χ1) is 14.2. The van der Waals surface area contributed by atoms with Crippen LogP contribution in [0.2, 0.25) is 0 Å². The number of rotatable bonds is 7. The van der Waals surface area contributed by atoms with Crippen molar-refractivity contribution in [1.82, 2.24) is 14.7 Å². The van der Waals surface area contributed by atoms with Crippen molar-refractivity contribution in [1.29, 1.82) is 0 Å². The Bertz CT molecular complexity index is 907. The molecule has 1 atom stereocenters. The van der Waals surface area contributed by atoms with Crippen molar-refractivity contribution in [3.8, 4) is 5.69 Å². The normalized spacial score (nSPS) is 20.1. The molecule has 29 heavy (non-hydrogen) atoms. The van der Waals surface area contributed by atoms with Crippen LogP contribution in [0.4, 0.5) is 0 Å². The van der Waals surface area contributed by atoms with Crippen molar-refractivity contribution in [2.45, 2.75) is 39.2 Å². The van der Waals surface area contributed by atoms with Gasteiger partial charge in [-0.2, -0.15) is 5.10 Å². The summed E-state index contributed by atoms with van der Waals surface area (Å²) in [6.07, 6.45) is 8.13. The second kappa shape index (κ2) is 8.93. The predicted octanol–water partition coefficient (Wildman–Crippen LogP) is 4.39. The molecule has 1 N–H and O–H groups in total. The second-order valence-corrected chi connectivity index (χ2v) is 8.54. The Hall–Kier alpha value is -2.43. The molecule has 0 amide bonds. The van der Waals surface area contributed by atoms with Gasteiger partial charge in [-0.05, 0) is 62.4 Å². The summed E-state index contributed by atoms with van der Waals surface area (Å²) in [7, 11) is 0. The number of likely N-dealkylation sites (tertiary alicyclic amines) is 1. The number of aliphatic hydroxyl groups excluding tert-OH is 1. The van der Waals surface area contributed by atoms with Gasteiger partial charge in [-0.25, -0.2) is 4.68 Å². The highest BCUT2D eigenvalue weighted by Crippen LogP contribution is 2.35. The summed E-state index contributed by atoms with van der Waals surface area (Å²) in [4.78, 5) is 2.52. The molecule has 1 aliphatic rings. The monoisotopic (exact) mass is 389 g/mol. The summed E-state index contributed by atoms with van der Waals surface area (Å²) < 4.78 is 1.95. The quantitative estimate of drug-likeness (QED) is 0.652. The predicted molar refractivity (Wildman–Crippen MR) is 117 cm³/mol. The zero-order chi connectivity index (χ0) is 20.1. The largest absolute Gasteiger partial charge is 0.396 e. The maximum absolute atomic E-state index is 10.3. The number of nitrogens with zero attached hydrogens (tertiary/aromatic N) is 3. The van der Waals surface area contributed by atoms with E-state index in [-0.39, 0.29) is 12.0 Å². The summed E-state index contributed by atoms with van der Waals surface area (Å²) in [6, 6.07) is 19.2. The highest BCUT2D eigenvalue weighted by Gasteiger charge is 2.34. The molecule has 4 nitrogen and oxygen atoms in total. The van der Waals surface area contributed by atoms with Gasteiger partial charge in [0.2, 0.25) is 0 Å². The van der Waals surface area contributed by atoms with E-state index in [0.29, 0.717) is 0 Å². The van der Waals surface area contributed by atoms with Crippen LogP contribution in [0.5, 0.6) is 0 Å². The second-order valence-electron chi connectivity index (χ2n) is 8.54. The average Bonchev–Trinajstić information content (AvgIpc) is 3.28. The number of aryl methyl sites for hydroxylation is 2. The maximum Gasteiger partial charge on any atom is 0.0690 e. The zero-order valence-electron chi connectivity index (χ0n) is 17.3. The molecule has 1 saturated heterocycles. The SMILES string of the molecule is Cc1ccc(-n2cccn2)c(CN2CCCC(CO)(CCc3ccccc3)C2)c1. The maximum atomic E-state index is 10.3. The highest BCUT2D eigenvalue weighted by molar-refractivity contribution is 5.42. The fourth-order valence-electron chi connectivity index (χ4n) is 4.63. The molecule has 0 aliphatic carbocycles. The van der Waals surface area contributed by atoms with E-state index in [2.05, 4.69) is 65.5 Å². The molecule has 0 radical (unpaired) electrons. The Balaban J connectivity index is 1.49. The Morgan fingerprint density at radius 3 is 2.72 bits per heavy atom. The van der Waals surface area contributed by atoms with Crippen LogP contribution in [0.25, 0.3) is 5.69 Å². The van der Waals surface area contributed by atoms with E-state index in [0.717, 1.165) is 51.0 Å². The number of aromatic nitrogens is 2. The van der Waals surface area contributed by atoms with Crippen LogP contribution < -0.4 is 0 Å². The van der Waals surface area contributed by atoms with Crippen molar-refractivity contribution in [2.75, 3.05) is 19.7 Å². The van der Waals surface area contributed by atoms with Crippen LogP contribution in [-0.2, 0) is 13.0 Å². The van der Waals surface area contributed by atoms with Gasteiger partial charge in [0.1, 0.15) is 0 Å². The van der Waals surface area contributed by atoms with Crippen molar-refractivity contribution < 1.29 is 5.11 Å². The Kier molecular flexibility index (Phi) is 6.12. The van der Waals surface area contributed by atoms with Crippen LogP contribution in [-0.4, -0.2) is 39.5 Å². The molecule has 0 saturated carbocycles. The molecule has 152 valence electrons. The van der Waals surface area contributed by atoms with E-state index in [1.807, 2.05) is 23.1 Å². The third kappa shape index (κ3) is 4.77. The molecule has 1 fully saturated rings. The molecule has 4 rings (SSSR count). The lowest BCUT2D eigenvalue weighted by atomic mass is 9.76. The van der Waals surface area contributed by atoms with Gasteiger partial charge < -0.3 is 5.11 Å². The third-order valence-electron chi connectivity index (χ3n) is 6.24.